The summed E-state index contributed by atoms with van der Waals surface area (Å²) in [6.45, 7) is 6.51. The molecule has 1 atom stereocenters. The number of anilines is 2. The molecule has 4 aliphatic rings. The summed E-state index contributed by atoms with van der Waals surface area (Å²) in [5.74, 6) is -2.02. The third-order valence-electron chi connectivity index (χ3n) is 11.6. The lowest BCUT2D eigenvalue weighted by atomic mass is 9.91. The van der Waals surface area contributed by atoms with Gasteiger partial charge in [-0.15, -0.1) is 0 Å². The Morgan fingerprint density at radius 3 is 2.55 bits per heavy atom. The minimum Gasteiger partial charge on any atom is -0.489 e. The predicted molar refractivity (Wildman–Crippen MR) is 210 cm³/mol. The molecule has 0 radical (unpaired) electrons. The van der Waals surface area contributed by atoms with Crippen molar-refractivity contribution in [2.75, 3.05) is 42.9 Å². The van der Waals surface area contributed by atoms with E-state index < -0.39 is 35.3 Å². The van der Waals surface area contributed by atoms with Gasteiger partial charge < -0.3 is 19.9 Å². The zero-order chi connectivity index (χ0) is 40.3. The number of likely N-dealkylation sites (tertiary alicyclic amines) is 1. The maximum Gasteiger partial charge on any atom is 0.262 e. The highest BCUT2D eigenvalue weighted by molar-refractivity contribution is 6.23. The number of piperidine rings is 3. The lowest BCUT2D eigenvalue weighted by Crippen LogP contribution is -2.54. The Balaban J connectivity index is 0.813. The molecule has 3 saturated heterocycles. The van der Waals surface area contributed by atoms with Crippen LogP contribution in [0.2, 0.25) is 0 Å². The SMILES string of the molecule is CC(C)Oc1cc2nn(C3CCN(CC4(F)CCN(c5ccc6c(c5)C(=O)N(C5CCC(=O)NC5=O)C6=O)CC4)CC3)cc2cc1NC(=O)c1cnn2cccnc12. The lowest BCUT2D eigenvalue weighted by Gasteiger charge is -2.42. The largest absolute Gasteiger partial charge is 0.489 e. The first-order chi connectivity index (χ1) is 27.9. The average molecular weight is 791 g/mol. The molecular formula is C41H43FN10O6. The molecule has 1 unspecified atom stereocenters. The van der Waals surface area contributed by atoms with E-state index in [-0.39, 0.29) is 42.0 Å². The van der Waals surface area contributed by atoms with Crippen molar-refractivity contribution in [3.8, 4) is 5.75 Å². The Labute approximate surface area is 332 Å². The summed E-state index contributed by atoms with van der Waals surface area (Å²) in [4.78, 5) is 73.4. The smallest absolute Gasteiger partial charge is 0.262 e. The van der Waals surface area contributed by atoms with E-state index >= 15 is 4.39 Å². The van der Waals surface area contributed by atoms with Gasteiger partial charge in [-0.25, -0.2) is 13.9 Å². The highest BCUT2D eigenvalue weighted by atomic mass is 19.1. The Bertz CT molecular complexity index is 2480. The zero-order valence-corrected chi connectivity index (χ0v) is 32.2. The molecule has 0 saturated carbocycles. The van der Waals surface area contributed by atoms with Gasteiger partial charge in [0.1, 0.15) is 23.0 Å². The Kier molecular flexibility index (Phi) is 9.41. The monoisotopic (exact) mass is 790 g/mol. The molecule has 58 heavy (non-hydrogen) atoms. The minimum atomic E-state index is -1.37. The van der Waals surface area contributed by atoms with Gasteiger partial charge in [0.15, 0.2) is 5.65 Å². The maximum absolute atomic E-state index is 16.4. The van der Waals surface area contributed by atoms with Crippen LogP contribution in [0, 0.1) is 0 Å². The second kappa shape index (κ2) is 14.6. The molecule has 17 heteroatoms. The van der Waals surface area contributed by atoms with E-state index in [2.05, 4.69) is 25.6 Å². The van der Waals surface area contributed by atoms with Crippen LogP contribution in [0.3, 0.4) is 0 Å². The molecule has 3 aromatic heterocycles. The van der Waals surface area contributed by atoms with Crippen LogP contribution in [-0.2, 0) is 9.59 Å². The molecule has 5 amide bonds. The summed E-state index contributed by atoms with van der Waals surface area (Å²) in [6.07, 6.45) is 9.06. The number of fused-ring (bicyclic) bond motifs is 3. The molecule has 3 fully saturated rings. The van der Waals surface area contributed by atoms with Crippen LogP contribution in [0.15, 0.2) is 61.2 Å². The number of aromatic nitrogens is 5. The number of hydrogen-bond donors (Lipinski definition) is 2. The first kappa shape index (κ1) is 37.4. The zero-order valence-electron chi connectivity index (χ0n) is 32.2. The number of benzene rings is 2. The van der Waals surface area contributed by atoms with Gasteiger partial charge in [0.25, 0.3) is 17.7 Å². The number of carbonyl (C=O) groups excluding carboxylic acids is 5. The van der Waals surface area contributed by atoms with Crippen molar-refractivity contribution in [2.45, 2.75) is 76.2 Å². The minimum absolute atomic E-state index is 0.0542. The summed E-state index contributed by atoms with van der Waals surface area (Å²) in [5, 5.41) is 15.2. The average Bonchev–Trinajstić information content (AvgIpc) is 3.89. The fraction of sp³-hybridized carbons (Fsp3) is 0.415. The maximum atomic E-state index is 16.4. The highest BCUT2D eigenvalue weighted by Crippen LogP contribution is 2.37. The summed E-state index contributed by atoms with van der Waals surface area (Å²) in [7, 11) is 0. The van der Waals surface area contributed by atoms with Gasteiger partial charge in [0.2, 0.25) is 11.8 Å². The number of alkyl halides is 1. The van der Waals surface area contributed by atoms with Crippen LogP contribution in [0.1, 0.15) is 89.5 Å². The molecule has 300 valence electrons. The van der Waals surface area contributed by atoms with Gasteiger partial charge in [-0.3, -0.25) is 38.9 Å². The van der Waals surface area contributed by atoms with Crippen LogP contribution >= 0.6 is 0 Å². The molecule has 0 spiro atoms. The number of nitrogens with one attached hydrogen (secondary N) is 2. The van der Waals surface area contributed by atoms with E-state index in [0.29, 0.717) is 55.1 Å². The summed E-state index contributed by atoms with van der Waals surface area (Å²) in [6, 6.07) is 9.58. The van der Waals surface area contributed by atoms with Crippen LogP contribution in [0.5, 0.6) is 5.75 Å². The topological polar surface area (TPSA) is 176 Å². The van der Waals surface area contributed by atoms with Gasteiger partial charge >= 0.3 is 0 Å². The molecule has 4 aliphatic heterocycles. The molecule has 5 aromatic rings. The van der Waals surface area contributed by atoms with E-state index in [0.717, 1.165) is 47.4 Å². The Morgan fingerprint density at radius 2 is 1.79 bits per heavy atom. The summed E-state index contributed by atoms with van der Waals surface area (Å²) < 4.78 is 26.0. The third kappa shape index (κ3) is 6.92. The second-order valence-electron chi connectivity index (χ2n) is 15.9. The second-order valence-corrected chi connectivity index (χ2v) is 15.9. The number of nitrogens with zero attached hydrogens (tertiary/aromatic N) is 8. The highest BCUT2D eigenvalue weighted by Gasteiger charge is 2.45. The predicted octanol–water partition coefficient (Wildman–Crippen LogP) is 4.17. The van der Waals surface area contributed by atoms with E-state index in [9.17, 15) is 24.0 Å². The summed E-state index contributed by atoms with van der Waals surface area (Å²) in [5.41, 5.74) is 1.84. The third-order valence-corrected chi connectivity index (χ3v) is 11.6. The first-order valence-electron chi connectivity index (χ1n) is 19.7. The molecule has 0 aliphatic carbocycles. The quantitative estimate of drug-likeness (QED) is 0.205. The van der Waals surface area contributed by atoms with Crippen LogP contribution in [-0.4, -0.2) is 114 Å². The Morgan fingerprint density at radius 1 is 1.02 bits per heavy atom. The van der Waals surface area contributed by atoms with Crippen LogP contribution in [0.25, 0.3) is 16.6 Å². The van der Waals surface area contributed by atoms with Gasteiger partial charge in [-0.05, 0) is 63.4 Å². The van der Waals surface area contributed by atoms with Gasteiger partial charge in [0.05, 0.1) is 40.7 Å². The van der Waals surface area contributed by atoms with Crippen molar-refractivity contribution in [3.63, 3.8) is 0 Å². The standard InChI is InChI=1S/C41H43FN10O6/c1-24(2)58-34-20-31-25(18-32(34)45-37(54)30-21-44-50-13-3-12-43-36(30)50)22-51(47-31)26-8-14-48(15-9-26)23-41(42)10-16-49(17-11-41)27-4-5-28-29(19-27)40(57)52(39(28)56)33-6-7-35(53)46-38(33)55/h3-5,12-13,18-22,24,26,33H,6-11,14-17,23H2,1-2H3,(H,45,54)(H,46,53,55). The van der Waals surface area contributed by atoms with Crippen molar-refractivity contribution in [3.05, 3.63) is 77.9 Å². The van der Waals surface area contributed by atoms with Crippen LogP contribution in [0.4, 0.5) is 15.8 Å². The van der Waals surface area contributed by atoms with Gasteiger partial charge in [0, 0.05) is 87.7 Å². The number of imide groups is 2. The molecule has 7 heterocycles. The summed E-state index contributed by atoms with van der Waals surface area (Å²) >= 11 is 0. The number of hydrogen-bond acceptors (Lipinski definition) is 11. The van der Waals surface area contributed by atoms with Crippen molar-refractivity contribution in [2.24, 2.45) is 0 Å². The number of halogens is 1. The number of carbonyl (C=O) groups is 5. The van der Waals surface area contributed by atoms with Gasteiger partial charge in [-0.1, -0.05) is 0 Å². The number of amides is 5. The van der Waals surface area contributed by atoms with Crippen molar-refractivity contribution < 1.29 is 33.1 Å². The van der Waals surface area contributed by atoms with Crippen LogP contribution < -0.4 is 20.3 Å². The van der Waals surface area contributed by atoms with E-state index in [1.165, 1.54) is 6.20 Å². The molecule has 16 nitrogen and oxygen atoms in total. The van der Waals surface area contributed by atoms with Crippen molar-refractivity contribution >= 4 is 57.5 Å². The van der Waals surface area contributed by atoms with Gasteiger partial charge in [-0.2, -0.15) is 10.2 Å². The first-order valence-corrected chi connectivity index (χ1v) is 19.7. The molecule has 0 bridgehead atoms. The number of rotatable bonds is 9. The van der Waals surface area contributed by atoms with E-state index in [1.807, 2.05) is 41.8 Å². The van der Waals surface area contributed by atoms with Crippen molar-refractivity contribution in [1.82, 2.24) is 39.5 Å². The fourth-order valence-corrected chi connectivity index (χ4v) is 8.61. The van der Waals surface area contributed by atoms with E-state index in [4.69, 9.17) is 9.84 Å². The molecular weight excluding hydrogens is 748 g/mol. The van der Waals surface area contributed by atoms with Crippen molar-refractivity contribution in [1.29, 1.82) is 0 Å². The normalized spacial score (nSPS) is 20.3. The fourth-order valence-electron chi connectivity index (χ4n) is 8.61. The Hall–Kier alpha value is -6.23. The van der Waals surface area contributed by atoms with E-state index in [1.54, 1.807) is 41.2 Å². The molecule has 2 N–H and O–H groups in total. The molecule has 2 aromatic carbocycles. The lowest BCUT2D eigenvalue weighted by molar-refractivity contribution is -0.136. The number of ether oxygens (including phenoxy) is 1. The molecule has 9 rings (SSSR count).